The molecule has 1 amide bonds. The number of amides is 1. The lowest BCUT2D eigenvalue weighted by Gasteiger charge is -2.31. The molecule has 2 fully saturated rings. The molecule has 4 nitrogen and oxygen atoms in total. The third kappa shape index (κ3) is 3.07. The maximum absolute atomic E-state index is 12.1. The van der Waals surface area contributed by atoms with Gasteiger partial charge in [-0.05, 0) is 44.1 Å². The van der Waals surface area contributed by atoms with Crippen LogP contribution in [0.15, 0.2) is 11.6 Å². The summed E-state index contributed by atoms with van der Waals surface area (Å²) in [6.45, 7) is 2.18. The van der Waals surface area contributed by atoms with Crippen LogP contribution < -0.4 is 5.73 Å². The van der Waals surface area contributed by atoms with E-state index in [0.717, 1.165) is 38.8 Å². The van der Waals surface area contributed by atoms with Crippen molar-refractivity contribution < 1.29 is 4.79 Å². The third-order valence-corrected chi connectivity index (χ3v) is 3.61. The molecule has 2 aliphatic rings. The van der Waals surface area contributed by atoms with Crippen molar-refractivity contribution in [2.75, 3.05) is 19.6 Å². The maximum atomic E-state index is 12.1. The molecule has 1 aliphatic carbocycles. The minimum absolute atomic E-state index is 0.0881. The number of carbonyl (C=O) groups excluding carboxylic acids is 1. The zero-order valence-corrected chi connectivity index (χ0v) is 10.1. The normalized spacial score (nSPS) is 22.4. The van der Waals surface area contributed by atoms with Gasteiger partial charge in [0.05, 0.1) is 0 Å². The Bertz CT molecular complexity index is 357. The van der Waals surface area contributed by atoms with Crippen molar-refractivity contribution in [2.24, 2.45) is 17.6 Å². The van der Waals surface area contributed by atoms with Crippen LogP contribution in [0.5, 0.6) is 0 Å². The molecule has 92 valence electrons. The van der Waals surface area contributed by atoms with Gasteiger partial charge in [-0.1, -0.05) is 6.08 Å². The van der Waals surface area contributed by atoms with E-state index in [-0.39, 0.29) is 5.91 Å². The molecule has 0 aromatic rings. The van der Waals surface area contributed by atoms with Crippen molar-refractivity contribution in [3.63, 3.8) is 0 Å². The van der Waals surface area contributed by atoms with Crippen LogP contribution in [-0.4, -0.2) is 30.4 Å². The van der Waals surface area contributed by atoms with Crippen molar-refractivity contribution in [1.29, 1.82) is 5.26 Å². The first-order valence-corrected chi connectivity index (χ1v) is 6.36. The fourth-order valence-corrected chi connectivity index (χ4v) is 2.20. The fourth-order valence-electron chi connectivity index (χ4n) is 2.20. The molecule has 17 heavy (non-hydrogen) atoms. The highest BCUT2D eigenvalue weighted by molar-refractivity contribution is 5.97. The van der Waals surface area contributed by atoms with Gasteiger partial charge in [-0.3, -0.25) is 4.79 Å². The first-order valence-electron chi connectivity index (χ1n) is 6.36. The first-order chi connectivity index (χ1) is 8.24. The fraction of sp³-hybridized carbons (Fsp3) is 0.692. The Morgan fingerprint density at radius 1 is 1.35 bits per heavy atom. The number of hydrogen-bond acceptors (Lipinski definition) is 3. The van der Waals surface area contributed by atoms with Crippen LogP contribution in [0.1, 0.15) is 25.7 Å². The van der Waals surface area contributed by atoms with E-state index >= 15 is 0 Å². The SMILES string of the molecule is N#C/C(=C/C1CC1)C(=O)N1CCC(CN)CC1. The summed E-state index contributed by atoms with van der Waals surface area (Å²) >= 11 is 0. The summed E-state index contributed by atoms with van der Waals surface area (Å²) in [4.78, 5) is 13.9. The van der Waals surface area contributed by atoms with Crippen LogP contribution in [0.25, 0.3) is 0 Å². The van der Waals surface area contributed by atoms with Gasteiger partial charge in [-0.2, -0.15) is 5.26 Å². The Kier molecular flexibility index (Phi) is 3.80. The molecule has 1 aliphatic heterocycles. The van der Waals surface area contributed by atoms with E-state index in [9.17, 15) is 4.79 Å². The summed E-state index contributed by atoms with van der Waals surface area (Å²) in [6, 6.07) is 2.04. The van der Waals surface area contributed by atoms with Gasteiger partial charge in [0.2, 0.25) is 0 Å². The third-order valence-electron chi connectivity index (χ3n) is 3.61. The molecule has 0 unspecified atom stereocenters. The highest BCUT2D eigenvalue weighted by Crippen LogP contribution is 2.31. The summed E-state index contributed by atoms with van der Waals surface area (Å²) in [5, 5.41) is 9.02. The lowest BCUT2D eigenvalue weighted by atomic mass is 9.96. The number of nitrogens with zero attached hydrogens (tertiary/aromatic N) is 2. The van der Waals surface area contributed by atoms with Crippen molar-refractivity contribution in [3.05, 3.63) is 11.6 Å². The van der Waals surface area contributed by atoms with Crippen LogP contribution in [0.2, 0.25) is 0 Å². The number of nitriles is 1. The van der Waals surface area contributed by atoms with Gasteiger partial charge in [0.15, 0.2) is 0 Å². The average Bonchev–Trinajstić information content (AvgIpc) is 3.19. The van der Waals surface area contributed by atoms with Crippen LogP contribution in [-0.2, 0) is 4.79 Å². The van der Waals surface area contributed by atoms with Crippen LogP contribution >= 0.6 is 0 Å². The summed E-state index contributed by atoms with van der Waals surface area (Å²) < 4.78 is 0. The van der Waals surface area contributed by atoms with Gasteiger partial charge in [0.1, 0.15) is 11.6 Å². The lowest BCUT2D eigenvalue weighted by Crippen LogP contribution is -2.40. The van der Waals surface area contributed by atoms with Gasteiger partial charge in [0.25, 0.3) is 5.91 Å². The molecule has 0 bridgehead atoms. The van der Waals surface area contributed by atoms with Crippen LogP contribution in [0.3, 0.4) is 0 Å². The second-order valence-corrected chi connectivity index (χ2v) is 5.00. The maximum Gasteiger partial charge on any atom is 0.264 e. The standard InChI is InChI=1S/C13H19N3O/c14-8-11-3-5-16(6-4-11)13(17)12(9-15)7-10-1-2-10/h7,10-11H,1-6,8,14H2/b12-7-. The van der Waals surface area contributed by atoms with E-state index in [2.05, 4.69) is 0 Å². The molecule has 4 heteroatoms. The van der Waals surface area contributed by atoms with Crippen molar-refractivity contribution in [2.45, 2.75) is 25.7 Å². The second-order valence-electron chi connectivity index (χ2n) is 5.00. The number of piperidine rings is 1. The molecule has 1 saturated heterocycles. The van der Waals surface area contributed by atoms with E-state index in [1.54, 1.807) is 4.90 Å². The predicted octanol–water partition coefficient (Wildman–Crippen LogP) is 1.04. The molecular weight excluding hydrogens is 214 g/mol. The van der Waals surface area contributed by atoms with Crippen molar-refractivity contribution in [1.82, 2.24) is 4.90 Å². The molecule has 1 saturated carbocycles. The molecular formula is C13H19N3O. The first kappa shape index (κ1) is 12.1. The minimum atomic E-state index is -0.0881. The number of carbonyl (C=O) groups is 1. The lowest BCUT2D eigenvalue weighted by molar-refractivity contribution is -0.128. The Morgan fingerprint density at radius 3 is 2.47 bits per heavy atom. The molecule has 0 aromatic heterocycles. The monoisotopic (exact) mass is 233 g/mol. The summed E-state index contributed by atoms with van der Waals surface area (Å²) in [7, 11) is 0. The van der Waals surface area contributed by atoms with E-state index in [0.29, 0.717) is 24.0 Å². The molecule has 0 spiro atoms. The highest BCUT2D eigenvalue weighted by atomic mass is 16.2. The molecule has 0 atom stereocenters. The largest absolute Gasteiger partial charge is 0.338 e. The topological polar surface area (TPSA) is 70.1 Å². The van der Waals surface area contributed by atoms with E-state index in [1.807, 2.05) is 12.1 Å². The van der Waals surface area contributed by atoms with Gasteiger partial charge in [-0.15, -0.1) is 0 Å². The van der Waals surface area contributed by atoms with E-state index < -0.39 is 0 Å². The molecule has 0 aromatic carbocycles. The van der Waals surface area contributed by atoms with Crippen LogP contribution in [0, 0.1) is 23.2 Å². The second kappa shape index (κ2) is 5.33. The summed E-state index contributed by atoms with van der Waals surface area (Å²) in [5.74, 6) is 0.919. The quantitative estimate of drug-likeness (QED) is 0.585. The predicted molar refractivity (Wildman–Crippen MR) is 64.8 cm³/mol. The van der Waals surface area contributed by atoms with Gasteiger partial charge in [-0.25, -0.2) is 0 Å². The van der Waals surface area contributed by atoms with Crippen molar-refractivity contribution in [3.8, 4) is 6.07 Å². The molecule has 1 heterocycles. The highest BCUT2D eigenvalue weighted by Gasteiger charge is 2.26. The Balaban J connectivity index is 1.93. The van der Waals surface area contributed by atoms with E-state index in [1.165, 1.54) is 0 Å². The molecule has 0 radical (unpaired) electrons. The zero-order valence-electron chi connectivity index (χ0n) is 10.1. The van der Waals surface area contributed by atoms with Gasteiger partial charge < -0.3 is 10.6 Å². The smallest absolute Gasteiger partial charge is 0.264 e. The Hall–Kier alpha value is -1.34. The van der Waals surface area contributed by atoms with Gasteiger partial charge >= 0.3 is 0 Å². The Labute approximate surface area is 102 Å². The zero-order chi connectivity index (χ0) is 12.3. The summed E-state index contributed by atoms with van der Waals surface area (Å²) in [5.41, 5.74) is 5.95. The number of rotatable bonds is 3. The molecule has 2 N–H and O–H groups in total. The number of likely N-dealkylation sites (tertiary alicyclic amines) is 1. The number of hydrogen-bond donors (Lipinski definition) is 1. The van der Waals surface area contributed by atoms with Crippen LogP contribution in [0.4, 0.5) is 0 Å². The number of nitrogens with two attached hydrogens (primary N) is 1. The minimum Gasteiger partial charge on any atom is -0.338 e. The van der Waals surface area contributed by atoms with E-state index in [4.69, 9.17) is 11.0 Å². The summed E-state index contributed by atoms with van der Waals surface area (Å²) in [6.07, 6.45) is 6.01. The van der Waals surface area contributed by atoms with Gasteiger partial charge in [0, 0.05) is 13.1 Å². The van der Waals surface area contributed by atoms with Crippen molar-refractivity contribution >= 4 is 5.91 Å². The average molecular weight is 233 g/mol. The Morgan fingerprint density at radius 2 is 2.00 bits per heavy atom. The molecule has 2 rings (SSSR count). The number of allylic oxidation sites excluding steroid dienone is 1.